The first-order chi connectivity index (χ1) is 12.5. The zero-order chi connectivity index (χ0) is 18.9. The van der Waals surface area contributed by atoms with Gasteiger partial charge in [-0.15, -0.1) is 0 Å². The van der Waals surface area contributed by atoms with Crippen LogP contribution in [0.3, 0.4) is 0 Å². The summed E-state index contributed by atoms with van der Waals surface area (Å²) in [5.74, 6) is 0.00667. The SMILES string of the molecule is COCCCNC(=O)c1cccc(C(=O)Nc2ccc(C(C)C)cc2)c1. The first-order valence-electron chi connectivity index (χ1n) is 8.79. The molecule has 0 atom stereocenters. The maximum absolute atomic E-state index is 12.4. The number of carbonyl (C=O) groups excluding carboxylic acids is 2. The van der Waals surface area contributed by atoms with Gasteiger partial charge >= 0.3 is 0 Å². The monoisotopic (exact) mass is 354 g/mol. The molecule has 138 valence electrons. The molecular weight excluding hydrogens is 328 g/mol. The Labute approximate surface area is 154 Å². The van der Waals surface area contributed by atoms with Gasteiger partial charge in [-0.2, -0.15) is 0 Å². The number of nitrogens with one attached hydrogen (secondary N) is 2. The molecule has 0 spiro atoms. The summed E-state index contributed by atoms with van der Waals surface area (Å²) in [7, 11) is 1.63. The maximum Gasteiger partial charge on any atom is 0.255 e. The van der Waals surface area contributed by atoms with Gasteiger partial charge < -0.3 is 15.4 Å². The average Bonchev–Trinajstić information content (AvgIpc) is 2.65. The molecule has 26 heavy (non-hydrogen) atoms. The van der Waals surface area contributed by atoms with Gasteiger partial charge in [-0.05, 0) is 48.2 Å². The Bertz CT molecular complexity index is 739. The Morgan fingerprint density at radius 2 is 1.65 bits per heavy atom. The summed E-state index contributed by atoms with van der Waals surface area (Å²) in [5.41, 5.74) is 2.86. The van der Waals surface area contributed by atoms with Crippen molar-refractivity contribution in [2.24, 2.45) is 0 Å². The minimum absolute atomic E-state index is 0.197. The summed E-state index contributed by atoms with van der Waals surface area (Å²) in [4.78, 5) is 24.6. The second-order valence-corrected chi connectivity index (χ2v) is 6.41. The normalized spacial score (nSPS) is 10.6. The van der Waals surface area contributed by atoms with Crippen molar-refractivity contribution in [3.63, 3.8) is 0 Å². The van der Waals surface area contributed by atoms with E-state index < -0.39 is 0 Å². The van der Waals surface area contributed by atoms with Gasteiger partial charge in [0.05, 0.1) is 0 Å². The first-order valence-corrected chi connectivity index (χ1v) is 8.79. The van der Waals surface area contributed by atoms with Crippen molar-refractivity contribution in [2.45, 2.75) is 26.2 Å². The summed E-state index contributed by atoms with van der Waals surface area (Å²) in [6, 6.07) is 14.5. The van der Waals surface area contributed by atoms with Crippen LogP contribution in [-0.4, -0.2) is 32.1 Å². The number of carbonyl (C=O) groups is 2. The van der Waals surface area contributed by atoms with Gasteiger partial charge in [0, 0.05) is 37.1 Å². The molecule has 0 saturated carbocycles. The minimum Gasteiger partial charge on any atom is -0.385 e. The van der Waals surface area contributed by atoms with Crippen LogP contribution in [0, 0.1) is 0 Å². The molecule has 0 fully saturated rings. The summed E-state index contributed by atoms with van der Waals surface area (Å²) in [6.07, 6.45) is 0.745. The fourth-order valence-corrected chi connectivity index (χ4v) is 2.48. The Hall–Kier alpha value is -2.66. The third-order valence-corrected chi connectivity index (χ3v) is 4.03. The highest BCUT2D eigenvalue weighted by molar-refractivity contribution is 6.06. The van der Waals surface area contributed by atoms with Crippen LogP contribution < -0.4 is 10.6 Å². The molecule has 0 unspecified atom stereocenters. The van der Waals surface area contributed by atoms with Crippen molar-refractivity contribution >= 4 is 17.5 Å². The van der Waals surface area contributed by atoms with Crippen LogP contribution in [-0.2, 0) is 4.74 Å². The van der Waals surface area contributed by atoms with Crippen molar-refractivity contribution in [3.8, 4) is 0 Å². The number of benzene rings is 2. The standard InChI is InChI=1S/C21H26N2O3/c1-15(2)16-8-10-19(11-9-16)23-21(25)18-7-4-6-17(14-18)20(24)22-12-5-13-26-3/h4,6-11,14-15H,5,12-13H2,1-3H3,(H,22,24)(H,23,25). The number of hydrogen-bond acceptors (Lipinski definition) is 3. The van der Waals surface area contributed by atoms with E-state index in [4.69, 9.17) is 4.74 Å². The molecule has 0 radical (unpaired) electrons. The second-order valence-electron chi connectivity index (χ2n) is 6.41. The smallest absolute Gasteiger partial charge is 0.255 e. The molecule has 0 aromatic heterocycles. The second kappa shape index (κ2) is 9.73. The predicted octanol–water partition coefficient (Wildman–Crippen LogP) is 3.83. The highest BCUT2D eigenvalue weighted by Crippen LogP contribution is 2.18. The summed E-state index contributed by atoms with van der Waals surface area (Å²) < 4.78 is 4.95. The lowest BCUT2D eigenvalue weighted by Crippen LogP contribution is -2.25. The molecule has 5 heteroatoms. The molecule has 5 nitrogen and oxygen atoms in total. The van der Waals surface area contributed by atoms with E-state index in [2.05, 4.69) is 24.5 Å². The van der Waals surface area contributed by atoms with E-state index in [0.29, 0.717) is 30.2 Å². The number of methoxy groups -OCH3 is 1. The molecule has 0 saturated heterocycles. The average molecular weight is 354 g/mol. The van der Waals surface area contributed by atoms with Gasteiger partial charge in [-0.25, -0.2) is 0 Å². The topological polar surface area (TPSA) is 67.4 Å². The number of ether oxygens (including phenoxy) is 1. The van der Waals surface area contributed by atoms with Crippen molar-refractivity contribution in [3.05, 3.63) is 65.2 Å². The fraction of sp³-hybridized carbons (Fsp3) is 0.333. The summed E-state index contributed by atoms with van der Waals surface area (Å²) in [5, 5.41) is 5.68. The molecule has 0 aliphatic carbocycles. The third-order valence-electron chi connectivity index (χ3n) is 4.03. The molecule has 0 aliphatic heterocycles. The highest BCUT2D eigenvalue weighted by atomic mass is 16.5. The van der Waals surface area contributed by atoms with Crippen LogP contribution in [0.4, 0.5) is 5.69 Å². The Morgan fingerprint density at radius 1 is 1.00 bits per heavy atom. The molecule has 2 amide bonds. The maximum atomic E-state index is 12.4. The van der Waals surface area contributed by atoms with Crippen LogP contribution in [0.25, 0.3) is 0 Å². The van der Waals surface area contributed by atoms with Crippen molar-refractivity contribution in [1.29, 1.82) is 0 Å². The van der Waals surface area contributed by atoms with Gasteiger partial charge in [0.2, 0.25) is 0 Å². The minimum atomic E-state index is -0.240. The Balaban J connectivity index is 1.99. The number of amides is 2. The van der Waals surface area contributed by atoms with Crippen LogP contribution >= 0.6 is 0 Å². The summed E-state index contributed by atoms with van der Waals surface area (Å²) >= 11 is 0. The van der Waals surface area contributed by atoms with Gasteiger partial charge in [-0.1, -0.05) is 32.0 Å². The summed E-state index contributed by atoms with van der Waals surface area (Å²) in [6.45, 7) is 5.38. The van der Waals surface area contributed by atoms with E-state index in [-0.39, 0.29) is 11.8 Å². The van der Waals surface area contributed by atoms with E-state index in [1.807, 2.05) is 24.3 Å². The number of hydrogen-bond donors (Lipinski definition) is 2. The lowest BCUT2D eigenvalue weighted by atomic mass is 10.0. The van der Waals surface area contributed by atoms with E-state index in [1.54, 1.807) is 31.4 Å². The highest BCUT2D eigenvalue weighted by Gasteiger charge is 2.11. The van der Waals surface area contributed by atoms with Crippen LogP contribution in [0.1, 0.15) is 52.5 Å². The van der Waals surface area contributed by atoms with Crippen LogP contribution in [0.2, 0.25) is 0 Å². The van der Waals surface area contributed by atoms with Crippen molar-refractivity contribution in [1.82, 2.24) is 5.32 Å². The van der Waals surface area contributed by atoms with Gasteiger partial charge in [-0.3, -0.25) is 9.59 Å². The van der Waals surface area contributed by atoms with Crippen molar-refractivity contribution in [2.75, 3.05) is 25.6 Å². The lowest BCUT2D eigenvalue weighted by Gasteiger charge is -2.09. The number of anilines is 1. The van der Waals surface area contributed by atoms with Crippen LogP contribution in [0.15, 0.2) is 48.5 Å². The van der Waals surface area contributed by atoms with Crippen molar-refractivity contribution < 1.29 is 14.3 Å². The molecular formula is C21H26N2O3. The van der Waals surface area contributed by atoms with Gasteiger partial charge in [0.15, 0.2) is 0 Å². The lowest BCUT2D eigenvalue weighted by molar-refractivity contribution is 0.0948. The van der Waals surface area contributed by atoms with Gasteiger partial charge in [0.25, 0.3) is 11.8 Å². The predicted molar refractivity (Wildman–Crippen MR) is 104 cm³/mol. The fourth-order valence-electron chi connectivity index (χ4n) is 2.48. The zero-order valence-electron chi connectivity index (χ0n) is 15.5. The third kappa shape index (κ3) is 5.70. The van der Waals surface area contributed by atoms with E-state index in [1.165, 1.54) is 5.56 Å². The molecule has 0 heterocycles. The van der Waals surface area contributed by atoms with E-state index >= 15 is 0 Å². The molecule has 2 aromatic carbocycles. The van der Waals surface area contributed by atoms with E-state index in [0.717, 1.165) is 12.1 Å². The molecule has 2 N–H and O–H groups in total. The van der Waals surface area contributed by atoms with Gasteiger partial charge in [0.1, 0.15) is 0 Å². The molecule has 2 aromatic rings. The number of rotatable bonds is 8. The zero-order valence-corrected chi connectivity index (χ0v) is 15.5. The molecule has 0 bridgehead atoms. The molecule has 2 rings (SSSR count). The quantitative estimate of drug-likeness (QED) is 0.708. The Kier molecular flexibility index (Phi) is 7.36. The largest absolute Gasteiger partial charge is 0.385 e. The first kappa shape index (κ1) is 19.7. The van der Waals surface area contributed by atoms with Crippen LogP contribution in [0.5, 0.6) is 0 Å². The Morgan fingerprint density at radius 3 is 2.27 bits per heavy atom. The van der Waals surface area contributed by atoms with E-state index in [9.17, 15) is 9.59 Å². The molecule has 0 aliphatic rings.